The van der Waals surface area contributed by atoms with E-state index in [1.165, 1.54) is 5.01 Å². The van der Waals surface area contributed by atoms with Gasteiger partial charge in [-0.2, -0.15) is 0 Å². The van der Waals surface area contributed by atoms with Gasteiger partial charge in [0.2, 0.25) is 0 Å². The number of nitrogens with zero attached hydrogens (tertiary/aromatic N) is 1. The number of benzene rings is 1. The summed E-state index contributed by atoms with van der Waals surface area (Å²) in [6, 6.07) is 1.57. The van der Waals surface area contributed by atoms with Gasteiger partial charge < -0.3 is 5.73 Å². The molecule has 1 aromatic carbocycles. The minimum atomic E-state index is -4.27. The molecule has 1 fully saturated rings. The van der Waals surface area contributed by atoms with E-state index >= 15 is 0 Å². The summed E-state index contributed by atoms with van der Waals surface area (Å²) >= 11 is 0. The summed E-state index contributed by atoms with van der Waals surface area (Å²) in [5, 5.41) is 1.45. The van der Waals surface area contributed by atoms with Crippen LogP contribution in [0.5, 0.6) is 0 Å². The second kappa shape index (κ2) is 5.40. The number of rotatable bonds is 3. The van der Waals surface area contributed by atoms with Crippen LogP contribution in [0, 0.1) is 11.6 Å². The summed E-state index contributed by atoms with van der Waals surface area (Å²) < 4.78 is 51.2. The van der Waals surface area contributed by atoms with Crippen LogP contribution in [-0.4, -0.2) is 26.5 Å². The van der Waals surface area contributed by atoms with Crippen molar-refractivity contribution in [3.05, 3.63) is 23.8 Å². The van der Waals surface area contributed by atoms with Gasteiger partial charge in [0.1, 0.15) is 11.6 Å². The maximum Gasteiger partial charge on any atom is 0.259 e. The number of hydrogen-bond donors (Lipinski definition) is 2. The van der Waals surface area contributed by atoms with Crippen molar-refractivity contribution in [2.24, 2.45) is 0 Å². The van der Waals surface area contributed by atoms with Gasteiger partial charge in [0.25, 0.3) is 10.0 Å². The number of sulfonamides is 1. The average molecular weight is 291 g/mol. The molecule has 0 atom stereocenters. The molecule has 0 saturated carbocycles. The van der Waals surface area contributed by atoms with Gasteiger partial charge >= 0.3 is 0 Å². The monoisotopic (exact) mass is 291 g/mol. The van der Waals surface area contributed by atoms with E-state index in [1.807, 2.05) is 0 Å². The largest absolute Gasteiger partial charge is 0.399 e. The van der Waals surface area contributed by atoms with Gasteiger partial charge in [0.15, 0.2) is 4.90 Å². The Morgan fingerprint density at radius 3 is 2.16 bits per heavy atom. The minimum Gasteiger partial charge on any atom is -0.399 e. The van der Waals surface area contributed by atoms with Crippen molar-refractivity contribution in [2.45, 2.75) is 24.2 Å². The van der Waals surface area contributed by atoms with E-state index in [0.29, 0.717) is 13.1 Å². The van der Waals surface area contributed by atoms with Crippen LogP contribution in [0.2, 0.25) is 0 Å². The molecule has 3 N–H and O–H groups in total. The molecule has 19 heavy (non-hydrogen) atoms. The summed E-state index contributed by atoms with van der Waals surface area (Å²) in [6.07, 6.45) is 2.70. The van der Waals surface area contributed by atoms with E-state index in [1.54, 1.807) is 0 Å². The van der Waals surface area contributed by atoms with Gasteiger partial charge in [0, 0.05) is 18.8 Å². The number of hydrazine groups is 1. The zero-order chi connectivity index (χ0) is 14.0. The molecule has 1 aliphatic rings. The highest BCUT2D eigenvalue weighted by Crippen LogP contribution is 2.22. The smallest absolute Gasteiger partial charge is 0.259 e. The lowest BCUT2D eigenvalue weighted by Gasteiger charge is -2.26. The molecule has 0 amide bonds. The van der Waals surface area contributed by atoms with Crippen LogP contribution in [0.25, 0.3) is 0 Å². The first kappa shape index (κ1) is 14.2. The number of anilines is 1. The van der Waals surface area contributed by atoms with Crippen LogP contribution in [0.15, 0.2) is 17.0 Å². The van der Waals surface area contributed by atoms with Gasteiger partial charge in [-0.15, -0.1) is 4.83 Å². The van der Waals surface area contributed by atoms with E-state index < -0.39 is 26.6 Å². The molecule has 0 aromatic heterocycles. The maximum atomic E-state index is 13.6. The van der Waals surface area contributed by atoms with Gasteiger partial charge in [-0.05, 0) is 25.0 Å². The topological polar surface area (TPSA) is 75.4 Å². The van der Waals surface area contributed by atoms with E-state index in [0.717, 1.165) is 31.4 Å². The number of nitrogens with one attached hydrogen (secondary N) is 1. The maximum absolute atomic E-state index is 13.6. The normalized spacial score (nSPS) is 17.6. The molecule has 8 heteroatoms. The van der Waals surface area contributed by atoms with Gasteiger partial charge in [-0.25, -0.2) is 22.2 Å². The van der Waals surface area contributed by atoms with Crippen LogP contribution < -0.4 is 10.6 Å². The number of nitrogen functional groups attached to an aromatic ring is 1. The molecule has 1 saturated heterocycles. The Labute approximate surface area is 110 Å². The summed E-state index contributed by atoms with van der Waals surface area (Å²) in [4.78, 5) is 1.20. The minimum absolute atomic E-state index is 0.160. The van der Waals surface area contributed by atoms with E-state index in [-0.39, 0.29) is 5.69 Å². The number of piperidine rings is 1. The van der Waals surface area contributed by atoms with Crippen molar-refractivity contribution < 1.29 is 17.2 Å². The molecule has 5 nitrogen and oxygen atoms in total. The summed E-state index contributed by atoms with van der Waals surface area (Å²) in [7, 11) is -4.27. The molecule has 1 aromatic rings. The zero-order valence-corrected chi connectivity index (χ0v) is 11.0. The third-order valence-corrected chi connectivity index (χ3v) is 4.32. The van der Waals surface area contributed by atoms with E-state index in [4.69, 9.17) is 5.73 Å². The summed E-state index contributed by atoms with van der Waals surface area (Å²) in [5.74, 6) is -2.39. The quantitative estimate of drug-likeness (QED) is 0.821. The Morgan fingerprint density at radius 1 is 1.11 bits per heavy atom. The highest BCUT2D eigenvalue weighted by Gasteiger charge is 2.27. The SMILES string of the molecule is Nc1cc(F)c(S(=O)(=O)NN2CCCCC2)c(F)c1. The number of hydrogen-bond acceptors (Lipinski definition) is 4. The molecule has 0 unspecified atom stereocenters. The molecular formula is C11H15F2N3O2S. The lowest BCUT2D eigenvalue weighted by atomic mass is 10.2. The van der Waals surface area contributed by atoms with Crippen molar-refractivity contribution in [3.8, 4) is 0 Å². The molecule has 0 aliphatic carbocycles. The Morgan fingerprint density at radius 2 is 1.63 bits per heavy atom. The molecule has 1 aliphatic heterocycles. The first-order valence-corrected chi connectivity index (χ1v) is 7.40. The van der Waals surface area contributed by atoms with Crippen LogP contribution >= 0.6 is 0 Å². The molecule has 0 bridgehead atoms. The molecule has 2 rings (SSSR count). The predicted octanol–water partition coefficient (Wildman–Crippen LogP) is 1.23. The standard InChI is InChI=1S/C11H15F2N3O2S/c12-9-6-8(14)7-10(13)11(9)19(17,18)15-16-4-2-1-3-5-16/h6-7,15H,1-5,14H2. The Balaban J connectivity index is 2.29. The third kappa shape index (κ3) is 3.20. The average Bonchev–Trinajstić information content (AvgIpc) is 2.27. The van der Waals surface area contributed by atoms with Crippen molar-refractivity contribution in [3.63, 3.8) is 0 Å². The number of halogens is 2. The summed E-state index contributed by atoms with van der Waals surface area (Å²) in [6.45, 7) is 1.05. The Bertz CT molecular complexity index is 548. The molecular weight excluding hydrogens is 276 g/mol. The number of nitrogens with two attached hydrogens (primary N) is 1. The first-order valence-electron chi connectivity index (χ1n) is 5.92. The van der Waals surface area contributed by atoms with E-state index in [9.17, 15) is 17.2 Å². The van der Waals surface area contributed by atoms with Crippen LogP contribution in [0.1, 0.15) is 19.3 Å². The molecule has 1 heterocycles. The van der Waals surface area contributed by atoms with Crippen LogP contribution in [0.4, 0.5) is 14.5 Å². The van der Waals surface area contributed by atoms with Crippen molar-refractivity contribution in [2.75, 3.05) is 18.8 Å². The first-order chi connectivity index (χ1) is 8.90. The van der Waals surface area contributed by atoms with Gasteiger partial charge in [0.05, 0.1) is 0 Å². The molecule has 106 valence electrons. The van der Waals surface area contributed by atoms with Crippen LogP contribution in [-0.2, 0) is 10.0 Å². The second-order valence-corrected chi connectivity index (χ2v) is 6.05. The fraction of sp³-hybridized carbons (Fsp3) is 0.455. The van der Waals surface area contributed by atoms with Gasteiger partial charge in [-0.1, -0.05) is 6.42 Å². The molecule has 0 spiro atoms. The highest BCUT2D eigenvalue weighted by atomic mass is 32.2. The molecule has 0 radical (unpaired) electrons. The van der Waals surface area contributed by atoms with E-state index in [2.05, 4.69) is 4.83 Å². The fourth-order valence-corrected chi connectivity index (χ4v) is 3.28. The predicted molar refractivity (Wildman–Crippen MR) is 66.5 cm³/mol. The Hall–Kier alpha value is -1.25. The second-order valence-electron chi connectivity index (χ2n) is 4.46. The van der Waals surface area contributed by atoms with Crippen LogP contribution in [0.3, 0.4) is 0 Å². The summed E-state index contributed by atoms with van der Waals surface area (Å²) in [5.41, 5.74) is 5.09. The zero-order valence-electron chi connectivity index (χ0n) is 10.2. The van der Waals surface area contributed by atoms with Crippen molar-refractivity contribution >= 4 is 15.7 Å². The fourth-order valence-electron chi connectivity index (χ4n) is 2.04. The third-order valence-electron chi connectivity index (χ3n) is 2.89. The van der Waals surface area contributed by atoms with Gasteiger partial charge in [-0.3, -0.25) is 0 Å². The Kier molecular flexibility index (Phi) is 4.02. The van der Waals surface area contributed by atoms with Crippen molar-refractivity contribution in [1.82, 2.24) is 9.84 Å². The lowest BCUT2D eigenvalue weighted by Crippen LogP contribution is -2.45. The lowest BCUT2D eigenvalue weighted by molar-refractivity contribution is 0.199. The highest BCUT2D eigenvalue weighted by molar-refractivity contribution is 7.89. The van der Waals surface area contributed by atoms with Crippen molar-refractivity contribution in [1.29, 1.82) is 0 Å².